The Kier molecular flexibility index (Phi) is 5.20. The van der Waals surface area contributed by atoms with Crippen LogP contribution in [0.25, 0.3) is 0 Å². The van der Waals surface area contributed by atoms with Gasteiger partial charge in [-0.25, -0.2) is 4.79 Å². The van der Waals surface area contributed by atoms with E-state index < -0.39 is 12.0 Å². The lowest BCUT2D eigenvalue weighted by Gasteiger charge is -2.25. The van der Waals surface area contributed by atoms with Gasteiger partial charge in [-0.15, -0.1) is 11.8 Å². The average Bonchev–Trinajstić information content (AvgIpc) is 2.61. The molecule has 2 N–H and O–H groups in total. The first-order valence-electron chi connectivity index (χ1n) is 7.94. The highest BCUT2D eigenvalue weighted by Gasteiger charge is 2.30. The number of aliphatic carboxylic acids is 1. The maximum Gasteiger partial charge on any atom is 0.326 e. The molecule has 0 aromatic heterocycles. The molecular weight excluding hydrogens is 322 g/mol. The van der Waals surface area contributed by atoms with E-state index in [0.717, 1.165) is 28.2 Å². The molecule has 4 nitrogen and oxygen atoms in total. The van der Waals surface area contributed by atoms with Crippen LogP contribution in [0.3, 0.4) is 0 Å². The van der Waals surface area contributed by atoms with Gasteiger partial charge in [-0.05, 0) is 29.4 Å². The highest BCUT2D eigenvalue weighted by atomic mass is 32.2. The van der Waals surface area contributed by atoms with Crippen molar-refractivity contribution in [3.63, 3.8) is 0 Å². The van der Waals surface area contributed by atoms with Crippen molar-refractivity contribution in [1.82, 2.24) is 5.32 Å². The van der Waals surface area contributed by atoms with Gasteiger partial charge in [0, 0.05) is 11.3 Å². The topological polar surface area (TPSA) is 66.4 Å². The van der Waals surface area contributed by atoms with E-state index in [1.165, 1.54) is 0 Å². The number of carboxylic acid groups (broad SMARTS) is 1. The maximum absolute atomic E-state index is 12.7. The van der Waals surface area contributed by atoms with E-state index in [1.807, 2.05) is 54.6 Å². The number of carbonyl (C=O) groups excluding carboxylic acids is 1. The number of thioether (sulfide) groups is 1. The molecule has 1 unspecified atom stereocenters. The van der Waals surface area contributed by atoms with Gasteiger partial charge in [0.1, 0.15) is 6.04 Å². The van der Waals surface area contributed by atoms with Crippen LogP contribution in [-0.4, -0.2) is 28.8 Å². The van der Waals surface area contributed by atoms with Crippen molar-refractivity contribution in [2.75, 3.05) is 5.75 Å². The van der Waals surface area contributed by atoms with Gasteiger partial charge in [-0.1, -0.05) is 48.5 Å². The van der Waals surface area contributed by atoms with Crippen LogP contribution in [-0.2, 0) is 16.0 Å². The number of fused-ring (bicyclic) bond motifs is 1. The fourth-order valence-electron chi connectivity index (χ4n) is 2.94. The second-order valence-electron chi connectivity index (χ2n) is 5.82. The van der Waals surface area contributed by atoms with E-state index in [0.29, 0.717) is 0 Å². The van der Waals surface area contributed by atoms with Crippen LogP contribution in [0.5, 0.6) is 0 Å². The average molecular weight is 341 g/mol. The van der Waals surface area contributed by atoms with Gasteiger partial charge in [-0.3, -0.25) is 4.79 Å². The molecule has 3 rings (SSSR count). The summed E-state index contributed by atoms with van der Waals surface area (Å²) in [5.74, 6) is -0.622. The zero-order valence-electron chi connectivity index (χ0n) is 13.1. The minimum absolute atomic E-state index is 0.203. The third-order valence-electron chi connectivity index (χ3n) is 4.17. The van der Waals surface area contributed by atoms with E-state index in [1.54, 1.807) is 11.8 Å². The van der Waals surface area contributed by atoms with Gasteiger partial charge in [0.2, 0.25) is 5.91 Å². The Hall–Kier alpha value is -2.27. The van der Waals surface area contributed by atoms with E-state index in [9.17, 15) is 14.7 Å². The number of hydrogen-bond donors (Lipinski definition) is 2. The van der Waals surface area contributed by atoms with Crippen LogP contribution >= 0.6 is 11.8 Å². The van der Waals surface area contributed by atoms with Gasteiger partial charge >= 0.3 is 5.97 Å². The van der Waals surface area contributed by atoms with E-state index >= 15 is 0 Å². The first-order valence-corrected chi connectivity index (χ1v) is 8.92. The number of rotatable bonds is 5. The van der Waals surface area contributed by atoms with Crippen molar-refractivity contribution in [3.8, 4) is 0 Å². The number of carbonyl (C=O) groups is 2. The number of hydrogen-bond acceptors (Lipinski definition) is 3. The third kappa shape index (κ3) is 3.79. The predicted octanol–water partition coefficient (Wildman–Crippen LogP) is 3.08. The number of amides is 1. The molecule has 2 aromatic rings. The Morgan fingerprint density at radius 3 is 2.58 bits per heavy atom. The summed E-state index contributed by atoms with van der Waals surface area (Å²) in [6.07, 6.45) is 1.01. The first kappa shape index (κ1) is 16.6. The zero-order chi connectivity index (χ0) is 16.9. The standard InChI is InChI=1S/C19H19NO3S/c21-18(15-10-11-24-17-9-5-4-8-14(15)17)20-16(19(22)23)12-13-6-2-1-3-7-13/h1-9,15-16H,10-12H2,(H,20,21)(H,22,23)/t15?,16-/m1/s1. The summed E-state index contributed by atoms with van der Waals surface area (Å²) < 4.78 is 0. The van der Waals surface area contributed by atoms with Gasteiger partial charge < -0.3 is 10.4 Å². The lowest BCUT2D eigenvalue weighted by Crippen LogP contribution is -2.44. The molecule has 0 saturated heterocycles. The lowest BCUT2D eigenvalue weighted by molar-refractivity contribution is -0.142. The largest absolute Gasteiger partial charge is 0.480 e. The van der Waals surface area contributed by atoms with Crippen LogP contribution in [0.1, 0.15) is 23.5 Å². The monoisotopic (exact) mass is 341 g/mol. The van der Waals surface area contributed by atoms with Gasteiger partial charge in [0.25, 0.3) is 0 Å². The molecule has 1 heterocycles. The molecule has 0 aliphatic carbocycles. The normalized spacial score (nSPS) is 17.6. The second-order valence-corrected chi connectivity index (χ2v) is 6.95. The van der Waals surface area contributed by atoms with E-state index in [-0.39, 0.29) is 18.2 Å². The molecule has 24 heavy (non-hydrogen) atoms. The van der Waals surface area contributed by atoms with Crippen LogP contribution in [0, 0.1) is 0 Å². The third-order valence-corrected chi connectivity index (χ3v) is 5.29. The highest BCUT2D eigenvalue weighted by molar-refractivity contribution is 7.99. The van der Waals surface area contributed by atoms with E-state index in [4.69, 9.17) is 0 Å². The Bertz CT molecular complexity index is 732. The lowest BCUT2D eigenvalue weighted by atomic mass is 9.94. The molecule has 5 heteroatoms. The van der Waals surface area contributed by atoms with Crippen LogP contribution in [0.2, 0.25) is 0 Å². The van der Waals surface area contributed by atoms with Gasteiger partial charge in [0.05, 0.1) is 5.92 Å². The maximum atomic E-state index is 12.7. The molecule has 124 valence electrons. The summed E-state index contributed by atoms with van der Waals surface area (Å²) >= 11 is 1.74. The smallest absolute Gasteiger partial charge is 0.326 e. The minimum Gasteiger partial charge on any atom is -0.480 e. The van der Waals surface area contributed by atoms with Crippen molar-refractivity contribution in [2.24, 2.45) is 0 Å². The second kappa shape index (κ2) is 7.53. The molecule has 2 aromatic carbocycles. The fourth-order valence-corrected chi connectivity index (χ4v) is 4.06. The molecule has 2 atom stereocenters. The number of nitrogens with one attached hydrogen (secondary N) is 1. The van der Waals surface area contributed by atoms with Crippen LogP contribution in [0.4, 0.5) is 0 Å². The quantitative estimate of drug-likeness (QED) is 0.877. The molecule has 1 aliphatic heterocycles. The van der Waals surface area contributed by atoms with Crippen molar-refractivity contribution in [3.05, 3.63) is 65.7 Å². The Labute approximate surface area is 145 Å². The molecule has 1 amide bonds. The van der Waals surface area contributed by atoms with Gasteiger partial charge in [-0.2, -0.15) is 0 Å². The molecule has 1 aliphatic rings. The summed E-state index contributed by atoms with van der Waals surface area (Å²) in [6, 6.07) is 16.3. The Balaban J connectivity index is 1.74. The summed E-state index contributed by atoms with van der Waals surface area (Å²) in [5, 5.41) is 12.2. The summed E-state index contributed by atoms with van der Waals surface area (Å²) in [5.41, 5.74) is 1.89. The molecule has 0 fully saturated rings. The van der Waals surface area contributed by atoms with Crippen molar-refractivity contribution >= 4 is 23.6 Å². The number of benzene rings is 2. The minimum atomic E-state index is -1.01. The van der Waals surface area contributed by atoms with E-state index in [2.05, 4.69) is 5.32 Å². The Morgan fingerprint density at radius 1 is 1.12 bits per heavy atom. The summed E-state index contributed by atoms with van der Waals surface area (Å²) in [6.45, 7) is 0. The van der Waals surface area contributed by atoms with Crippen molar-refractivity contribution in [1.29, 1.82) is 0 Å². The molecule has 0 spiro atoms. The van der Waals surface area contributed by atoms with Gasteiger partial charge in [0.15, 0.2) is 0 Å². The first-order chi connectivity index (χ1) is 11.6. The molecule has 0 saturated carbocycles. The summed E-state index contributed by atoms with van der Waals surface area (Å²) in [7, 11) is 0. The number of carboxylic acids is 1. The van der Waals surface area contributed by atoms with Crippen molar-refractivity contribution < 1.29 is 14.7 Å². The molecule has 0 radical (unpaired) electrons. The van der Waals surface area contributed by atoms with Crippen molar-refractivity contribution in [2.45, 2.75) is 29.7 Å². The highest BCUT2D eigenvalue weighted by Crippen LogP contribution is 2.37. The molecule has 0 bridgehead atoms. The van der Waals surface area contributed by atoms with Crippen LogP contribution < -0.4 is 5.32 Å². The zero-order valence-corrected chi connectivity index (χ0v) is 14.0. The SMILES string of the molecule is O=C(N[C@H](Cc1ccccc1)C(=O)O)C1CCSc2ccccc21. The Morgan fingerprint density at radius 2 is 1.83 bits per heavy atom. The predicted molar refractivity (Wildman–Crippen MR) is 94.2 cm³/mol. The summed E-state index contributed by atoms with van der Waals surface area (Å²) in [4.78, 5) is 25.3. The molecular formula is C19H19NO3S. The fraction of sp³-hybridized carbons (Fsp3) is 0.263. The van der Waals surface area contributed by atoms with Crippen LogP contribution in [0.15, 0.2) is 59.5 Å².